The fraction of sp³-hybridized carbons (Fsp3) is 0.267. The van der Waals surface area contributed by atoms with Gasteiger partial charge in [-0.15, -0.1) is 11.3 Å². The fourth-order valence-corrected chi connectivity index (χ4v) is 2.53. The number of carbonyl (C=O) groups excluding carboxylic acids is 1. The number of thiazole rings is 1. The number of benzene rings is 1. The summed E-state index contributed by atoms with van der Waals surface area (Å²) < 4.78 is 5.46. The molecule has 6 nitrogen and oxygen atoms in total. The van der Waals surface area contributed by atoms with Crippen LogP contribution in [0.25, 0.3) is 0 Å². The van der Waals surface area contributed by atoms with Crippen LogP contribution in [0, 0.1) is 13.8 Å². The maximum absolute atomic E-state index is 11.7. The summed E-state index contributed by atoms with van der Waals surface area (Å²) in [6, 6.07) is 5.73. The normalized spacial score (nSPS) is 10.3. The van der Waals surface area contributed by atoms with Crippen molar-refractivity contribution >= 4 is 23.2 Å². The van der Waals surface area contributed by atoms with Crippen molar-refractivity contribution in [2.75, 3.05) is 6.61 Å². The number of hydrogen-bond acceptors (Lipinski definition) is 5. The van der Waals surface area contributed by atoms with Crippen molar-refractivity contribution in [2.24, 2.45) is 0 Å². The van der Waals surface area contributed by atoms with E-state index in [9.17, 15) is 9.59 Å². The van der Waals surface area contributed by atoms with E-state index in [0.717, 1.165) is 11.1 Å². The van der Waals surface area contributed by atoms with Crippen molar-refractivity contribution in [3.63, 3.8) is 0 Å². The molecule has 1 aromatic carbocycles. The minimum absolute atomic E-state index is 0.0132. The van der Waals surface area contributed by atoms with Crippen LogP contribution in [0.15, 0.2) is 23.6 Å². The van der Waals surface area contributed by atoms with Gasteiger partial charge < -0.3 is 15.2 Å². The number of amides is 1. The molecule has 0 aliphatic rings. The second-order valence-electron chi connectivity index (χ2n) is 4.77. The fourth-order valence-electron chi connectivity index (χ4n) is 1.82. The Kier molecular flexibility index (Phi) is 5.11. The van der Waals surface area contributed by atoms with Gasteiger partial charge in [-0.3, -0.25) is 4.79 Å². The molecule has 2 N–H and O–H groups in total. The molecule has 2 aromatic rings. The van der Waals surface area contributed by atoms with Gasteiger partial charge in [0.25, 0.3) is 5.91 Å². The second kappa shape index (κ2) is 7.04. The van der Waals surface area contributed by atoms with Gasteiger partial charge in [-0.1, -0.05) is 17.7 Å². The number of hydrogen-bond donors (Lipinski definition) is 2. The Morgan fingerprint density at radius 3 is 2.77 bits per heavy atom. The molecule has 7 heteroatoms. The van der Waals surface area contributed by atoms with E-state index < -0.39 is 5.97 Å². The Bertz CT molecular complexity index is 697. The zero-order valence-corrected chi connectivity index (χ0v) is 13.1. The first-order valence-electron chi connectivity index (χ1n) is 6.60. The van der Waals surface area contributed by atoms with E-state index in [0.29, 0.717) is 10.8 Å². The molecule has 0 bridgehead atoms. The van der Waals surface area contributed by atoms with Gasteiger partial charge in [-0.25, -0.2) is 9.78 Å². The van der Waals surface area contributed by atoms with Crippen molar-refractivity contribution in [1.29, 1.82) is 0 Å². The number of carboxylic acid groups (broad SMARTS) is 1. The Balaban J connectivity index is 1.81. The third-order valence-corrected chi connectivity index (χ3v) is 3.75. The molecule has 22 heavy (non-hydrogen) atoms. The number of rotatable bonds is 6. The Morgan fingerprint density at radius 2 is 2.14 bits per heavy atom. The predicted octanol–water partition coefficient (Wildman–Crippen LogP) is 2.15. The maximum atomic E-state index is 11.7. The lowest BCUT2D eigenvalue weighted by molar-refractivity contribution is -0.123. The lowest BCUT2D eigenvalue weighted by atomic mass is 10.1. The average molecular weight is 320 g/mol. The number of aromatic nitrogens is 1. The summed E-state index contributed by atoms with van der Waals surface area (Å²) >= 11 is 1.19. The highest BCUT2D eigenvalue weighted by atomic mass is 32.1. The molecule has 1 aromatic heterocycles. The molecule has 2 rings (SSSR count). The Morgan fingerprint density at radius 1 is 1.36 bits per heavy atom. The quantitative estimate of drug-likeness (QED) is 0.851. The van der Waals surface area contributed by atoms with E-state index in [-0.39, 0.29) is 24.8 Å². The van der Waals surface area contributed by atoms with Crippen LogP contribution in [-0.2, 0) is 11.3 Å². The molecular weight excluding hydrogens is 304 g/mol. The number of carboxylic acids is 1. The first-order valence-corrected chi connectivity index (χ1v) is 7.48. The van der Waals surface area contributed by atoms with Gasteiger partial charge in [-0.05, 0) is 25.5 Å². The van der Waals surface area contributed by atoms with E-state index in [1.54, 1.807) is 0 Å². The first kappa shape index (κ1) is 16.0. The predicted molar refractivity (Wildman–Crippen MR) is 82.3 cm³/mol. The SMILES string of the molecule is Cc1ccc(OCC(=O)NCc2nc(C(=O)O)cs2)c(C)c1. The summed E-state index contributed by atoms with van der Waals surface area (Å²) in [5.41, 5.74) is 2.09. The molecule has 0 aliphatic heterocycles. The van der Waals surface area contributed by atoms with Crippen LogP contribution in [0.1, 0.15) is 26.6 Å². The van der Waals surface area contributed by atoms with Gasteiger partial charge in [0.05, 0.1) is 6.54 Å². The van der Waals surface area contributed by atoms with E-state index in [1.165, 1.54) is 16.7 Å². The highest BCUT2D eigenvalue weighted by molar-refractivity contribution is 7.09. The molecule has 0 saturated heterocycles. The second-order valence-corrected chi connectivity index (χ2v) is 5.71. The highest BCUT2D eigenvalue weighted by Gasteiger charge is 2.10. The van der Waals surface area contributed by atoms with E-state index in [1.807, 2.05) is 32.0 Å². The number of ether oxygens (including phenoxy) is 1. The molecule has 0 atom stereocenters. The molecule has 116 valence electrons. The van der Waals surface area contributed by atoms with Gasteiger partial charge in [0.2, 0.25) is 0 Å². The summed E-state index contributed by atoms with van der Waals surface area (Å²) in [5.74, 6) is -0.692. The Hall–Kier alpha value is -2.41. The molecule has 0 unspecified atom stereocenters. The first-order chi connectivity index (χ1) is 10.5. The van der Waals surface area contributed by atoms with Crippen LogP contribution in [0.5, 0.6) is 5.75 Å². The topological polar surface area (TPSA) is 88.5 Å². The van der Waals surface area contributed by atoms with E-state index >= 15 is 0 Å². The van der Waals surface area contributed by atoms with Crippen LogP contribution in [0.2, 0.25) is 0 Å². The smallest absolute Gasteiger partial charge is 0.355 e. The zero-order valence-electron chi connectivity index (χ0n) is 12.3. The van der Waals surface area contributed by atoms with Gasteiger partial charge in [0.15, 0.2) is 12.3 Å². The van der Waals surface area contributed by atoms with E-state index in [2.05, 4.69) is 10.3 Å². The summed E-state index contributed by atoms with van der Waals surface area (Å²) in [4.78, 5) is 26.3. The van der Waals surface area contributed by atoms with Crippen molar-refractivity contribution in [2.45, 2.75) is 20.4 Å². The molecule has 0 saturated carbocycles. The van der Waals surface area contributed by atoms with Crippen molar-refractivity contribution in [3.8, 4) is 5.75 Å². The van der Waals surface area contributed by atoms with Gasteiger partial charge in [0.1, 0.15) is 10.8 Å². The van der Waals surface area contributed by atoms with Crippen molar-refractivity contribution in [1.82, 2.24) is 10.3 Å². The lowest BCUT2D eigenvalue weighted by Gasteiger charge is -2.09. The van der Waals surface area contributed by atoms with E-state index in [4.69, 9.17) is 9.84 Å². The summed E-state index contributed by atoms with van der Waals surface area (Å²) in [7, 11) is 0. The molecule has 0 aliphatic carbocycles. The number of nitrogens with one attached hydrogen (secondary N) is 1. The molecule has 1 heterocycles. The third-order valence-electron chi connectivity index (χ3n) is 2.90. The number of aryl methyl sites for hydroxylation is 2. The summed E-state index contributed by atoms with van der Waals surface area (Å²) in [5, 5.41) is 13.4. The third kappa shape index (κ3) is 4.29. The molecular formula is C15H16N2O4S. The summed E-state index contributed by atoms with van der Waals surface area (Å²) in [6.45, 7) is 4.00. The van der Waals surface area contributed by atoms with Gasteiger partial charge in [0, 0.05) is 5.38 Å². The minimum Gasteiger partial charge on any atom is -0.484 e. The van der Waals surface area contributed by atoms with Crippen LogP contribution in [-0.4, -0.2) is 28.6 Å². The standard InChI is InChI=1S/C15H16N2O4S/c1-9-3-4-12(10(2)5-9)21-7-13(18)16-6-14-17-11(8-22-14)15(19)20/h3-5,8H,6-7H2,1-2H3,(H,16,18)(H,19,20). The van der Waals surface area contributed by atoms with Gasteiger partial charge in [-0.2, -0.15) is 0 Å². The highest BCUT2D eigenvalue weighted by Crippen LogP contribution is 2.18. The average Bonchev–Trinajstić information content (AvgIpc) is 2.93. The monoisotopic (exact) mass is 320 g/mol. The maximum Gasteiger partial charge on any atom is 0.355 e. The van der Waals surface area contributed by atoms with Gasteiger partial charge >= 0.3 is 5.97 Å². The number of nitrogens with zero attached hydrogens (tertiary/aromatic N) is 1. The van der Waals surface area contributed by atoms with Crippen molar-refractivity contribution < 1.29 is 19.4 Å². The largest absolute Gasteiger partial charge is 0.484 e. The molecule has 0 radical (unpaired) electrons. The van der Waals surface area contributed by atoms with Crippen LogP contribution in [0.4, 0.5) is 0 Å². The minimum atomic E-state index is -1.08. The number of carbonyl (C=O) groups is 2. The lowest BCUT2D eigenvalue weighted by Crippen LogP contribution is -2.28. The van der Waals surface area contributed by atoms with Crippen LogP contribution in [0.3, 0.4) is 0 Å². The summed E-state index contributed by atoms with van der Waals surface area (Å²) in [6.07, 6.45) is 0. The van der Waals surface area contributed by atoms with Crippen molar-refractivity contribution in [3.05, 3.63) is 45.4 Å². The molecule has 0 fully saturated rings. The molecule has 0 spiro atoms. The Labute approximate surface area is 131 Å². The van der Waals surface area contributed by atoms with Crippen LogP contribution < -0.4 is 10.1 Å². The number of aromatic carboxylic acids is 1. The van der Waals surface area contributed by atoms with Crippen LogP contribution >= 0.6 is 11.3 Å². The zero-order chi connectivity index (χ0) is 16.1. The molecule has 1 amide bonds.